The summed E-state index contributed by atoms with van der Waals surface area (Å²) in [5.41, 5.74) is 5.00. The van der Waals surface area contributed by atoms with Crippen LogP contribution in [0.4, 0.5) is 4.39 Å². The highest BCUT2D eigenvalue weighted by atomic mass is 19.1. The van der Waals surface area contributed by atoms with Gasteiger partial charge in [-0.05, 0) is 31.9 Å². The van der Waals surface area contributed by atoms with Crippen molar-refractivity contribution in [3.63, 3.8) is 0 Å². The molecule has 0 spiro atoms. The third-order valence-electron chi connectivity index (χ3n) is 2.76. The standard InChI is InChI=1S/C12H22FN3O/c1-3-16-9-11(8-15-16)7-12(13,10-17-2)5-4-6-14/h8-9H,3-7,10,14H2,1-2H3. The van der Waals surface area contributed by atoms with Gasteiger partial charge in [0.05, 0.1) is 12.8 Å². The third-order valence-corrected chi connectivity index (χ3v) is 2.76. The second-order valence-corrected chi connectivity index (χ2v) is 4.36. The lowest BCUT2D eigenvalue weighted by Gasteiger charge is -2.23. The zero-order valence-electron chi connectivity index (χ0n) is 10.7. The minimum atomic E-state index is -1.34. The van der Waals surface area contributed by atoms with Crippen LogP contribution in [0.15, 0.2) is 12.4 Å². The molecule has 1 aromatic heterocycles. The Labute approximate surface area is 102 Å². The molecule has 0 amide bonds. The van der Waals surface area contributed by atoms with Gasteiger partial charge in [-0.1, -0.05) is 0 Å². The number of aromatic nitrogens is 2. The van der Waals surface area contributed by atoms with Crippen LogP contribution in [-0.4, -0.2) is 35.7 Å². The van der Waals surface area contributed by atoms with Crippen LogP contribution in [0.2, 0.25) is 0 Å². The molecule has 4 nitrogen and oxygen atoms in total. The van der Waals surface area contributed by atoms with Crippen molar-refractivity contribution in [2.24, 2.45) is 5.73 Å². The van der Waals surface area contributed by atoms with Gasteiger partial charge in [0.2, 0.25) is 0 Å². The smallest absolute Gasteiger partial charge is 0.138 e. The quantitative estimate of drug-likeness (QED) is 0.753. The van der Waals surface area contributed by atoms with Crippen molar-refractivity contribution in [3.05, 3.63) is 18.0 Å². The number of halogens is 1. The van der Waals surface area contributed by atoms with Crippen LogP contribution in [0.25, 0.3) is 0 Å². The minimum absolute atomic E-state index is 0.101. The van der Waals surface area contributed by atoms with E-state index in [1.165, 1.54) is 7.11 Å². The Morgan fingerprint density at radius 2 is 2.35 bits per heavy atom. The monoisotopic (exact) mass is 243 g/mol. The van der Waals surface area contributed by atoms with Crippen LogP contribution >= 0.6 is 0 Å². The van der Waals surface area contributed by atoms with Gasteiger partial charge in [-0.15, -0.1) is 0 Å². The van der Waals surface area contributed by atoms with E-state index in [0.29, 0.717) is 25.8 Å². The van der Waals surface area contributed by atoms with Crippen LogP contribution < -0.4 is 5.73 Å². The predicted octanol–water partition coefficient (Wildman–Crippen LogP) is 1.54. The minimum Gasteiger partial charge on any atom is -0.381 e. The van der Waals surface area contributed by atoms with Crippen molar-refractivity contribution in [2.75, 3.05) is 20.3 Å². The summed E-state index contributed by atoms with van der Waals surface area (Å²) in [6, 6.07) is 0. The summed E-state index contributed by atoms with van der Waals surface area (Å²) < 4.78 is 21.3. The highest BCUT2D eigenvalue weighted by Gasteiger charge is 2.29. The van der Waals surface area contributed by atoms with Gasteiger partial charge in [-0.25, -0.2) is 4.39 Å². The molecule has 1 aromatic rings. The topological polar surface area (TPSA) is 53.1 Å². The number of alkyl halides is 1. The Morgan fingerprint density at radius 3 is 2.88 bits per heavy atom. The van der Waals surface area contributed by atoms with Gasteiger partial charge in [0.15, 0.2) is 0 Å². The van der Waals surface area contributed by atoms with E-state index < -0.39 is 5.67 Å². The molecule has 1 atom stereocenters. The molecule has 0 radical (unpaired) electrons. The number of nitrogens with zero attached hydrogens (tertiary/aromatic N) is 2. The molecule has 98 valence electrons. The number of hydrogen-bond donors (Lipinski definition) is 1. The molecule has 2 N–H and O–H groups in total. The molecule has 1 heterocycles. The van der Waals surface area contributed by atoms with Crippen molar-refractivity contribution in [3.8, 4) is 0 Å². The summed E-state index contributed by atoms with van der Waals surface area (Å²) >= 11 is 0. The number of aryl methyl sites for hydroxylation is 1. The van der Waals surface area contributed by atoms with Crippen molar-refractivity contribution < 1.29 is 9.13 Å². The Kier molecular flexibility index (Phi) is 5.58. The van der Waals surface area contributed by atoms with E-state index in [1.54, 1.807) is 10.9 Å². The van der Waals surface area contributed by atoms with E-state index in [9.17, 15) is 4.39 Å². The number of hydrogen-bond acceptors (Lipinski definition) is 3. The van der Waals surface area contributed by atoms with Gasteiger partial charge in [0.25, 0.3) is 0 Å². The lowest BCUT2D eigenvalue weighted by Crippen LogP contribution is -2.32. The van der Waals surface area contributed by atoms with E-state index >= 15 is 0 Å². The molecule has 0 saturated heterocycles. The fraction of sp³-hybridized carbons (Fsp3) is 0.750. The average molecular weight is 243 g/mol. The van der Waals surface area contributed by atoms with E-state index in [1.807, 2.05) is 13.1 Å². The molecular formula is C12H22FN3O. The molecule has 0 aromatic carbocycles. The number of methoxy groups -OCH3 is 1. The Hall–Kier alpha value is -0.940. The predicted molar refractivity (Wildman–Crippen MR) is 65.6 cm³/mol. The Bertz CT molecular complexity index is 329. The van der Waals surface area contributed by atoms with Gasteiger partial charge < -0.3 is 10.5 Å². The summed E-state index contributed by atoms with van der Waals surface area (Å²) in [5, 5.41) is 4.14. The summed E-state index contributed by atoms with van der Waals surface area (Å²) in [5.74, 6) is 0. The second-order valence-electron chi connectivity index (χ2n) is 4.36. The van der Waals surface area contributed by atoms with Crippen LogP contribution in [0.1, 0.15) is 25.3 Å². The highest BCUT2D eigenvalue weighted by Crippen LogP contribution is 2.24. The number of ether oxygens (including phenoxy) is 1. The zero-order valence-corrected chi connectivity index (χ0v) is 10.7. The van der Waals surface area contributed by atoms with E-state index in [-0.39, 0.29) is 6.61 Å². The van der Waals surface area contributed by atoms with Crippen molar-refractivity contribution in [2.45, 2.75) is 38.4 Å². The Morgan fingerprint density at radius 1 is 1.59 bits per heavy atom. The maximum absolute atomic E-state index is 14.6. The first-order valence-electron chi connectivity index (χ1n) is 6.03. The van der Waals surface area contributed by atoms with Crippen molar-refractivity contribution in [1.29, 1.82) is 0 Å². The van der Waals surface area contributed by atoms with Gasteiger partial charge in [0.1, 0.15) is 5.67 Å². The summed E-state index contributed by atoms with van der Waals surface area (Å²) in [7, 11) is 1.52. The normalized spacial score (nSPS) is 14.8. The number of rotatable bonds is 8. The maximum atomic E-state index is 14.6. The largest absolute Gasteiger partial charge is 0.381 e. The van der Waals surface area contributed by atoms with Gasteiger partial charge >= 0.3 is 0 Å². The van der Waals surface area contributed by atoms with Crippen LogP contribution in [0, 0.1) is 0 Å². The molecule has 0 fully saturated rings. The summed E-state index contributed by atoms with van der Waals surface area (Å²) in [6.45, 7) is 3.41. The number of nitrogens with two attached hydrogens (primary N) is 1. The SMILES string of the molecule is CCn1cc(CC(F)(CCCN)COC)cn1. The first-order valence-corrected chi connectivity index (χ1v) is 6.03. The molecule has 1 rings (SSSR count). The van der Waals surface area contributed by atoms with E-state index in [0.717, 1.165) is 12.1 Å². The first-order chi connectivity index (χ1) is 8.13. The second kappa shape index (κ2) is 6.71. The zero-order chi connectivity index (χ0) is 12.7. The van der Waals surface area contributed by atoms with Crippen LogP contribution in [-0.2, 0) is 17.7 Å². The fourth-order valence-electron chi connectivity index (χ4n) is 1.93. The summed E-state index contributed by atoms with van der Waals surface area (Å²) in [6.07, 6.45) is 5.03. The molecule has 0 bridgehead atoms. The molecule has 0 aliphatic heterocycles. The third kappa shape index (κ3) is 4.44. The van der Waals surface area contributed by atoms with Crippen LogP contribution in [0.5, 0.6) is 0 Å². The fourth-order valence-corrected chi connectivity index (χ4v) is 1.93. The molecule has 1 unspecified atom stereocenters. The lowest BCUT2D eigenvalue weighted by atomic mass is 9.94. The van der Waals surface area contributed by atoms with E-state index in [2.05, 4.69) is 5.10 Å². The maximum Gasteiger partial charge on any atom is 0.138 e. The van der Waals surface area contributed by atoms with Gasteiger partial charge in [-0.3, -0.25) is 4.68 Å². The molecular weight excluding hydrogens is 221 g/mol. The molecule has 5 heteroatoms. The molecule has 0 aliphatic carbocycles. The summed E-state index contributed by atoms with van der Waals surface area (Å²) in [4.78, 5) is 0. The molecule has 17 heavy (non-hydrogen) atoms. The van der Waals surface area contributed by atoms with Crippen molar-refractivity contribution in [1.82, 2.24) is 9.78 Å². The molecule has 0 saturated carbocycles. The molecule has 0 aliphatic rings. The van der Waals surface area contributed by atoms with Crippen molar-refractivity contribution >= 4 is 0 Å². The lowest BCUT2D eigenvalue weighted by molar-refractivity contribution is 0.0334. The van der Waals surface area contributed by atoms with Gasteiger partial charge in [-0.2, -0.15) is 5.10 Å². The first kappa shape index (κ1) is 14.1. The average Bonchev–Trinajstić information content (AvgIpc) is 2.74. The Balaban J connectivity index is 2.64. The van der Waals surface area contributed by atoms with Gasteiger partial charge in [0, 0.05) is 26.3 Å². The van der Waals surface area contributed by atoms with Crippen LogP contribution in [0.3, 0.4) is 0 Å². The highest BCUT2D eigenvalue weighted by molar-refractivity contribution is 5.08. The van der Waals surface area contributed by atoms with E-state index in [4.69, 9.17) is 10.5 Å².